The molecular formula is C51H33N3O. The summed E-state index contributed by atoms with van der Waals surface area (Å²) >= 11 is 0. The van der Waals surface area contributed by atoms with Crippen molar-refractivity contribution in [2.75, 3.05) is 4.90 Å². The maximum absolute atomic E-state index is 6.40. The van der Waals surface area contributed by atoms with Crippen LogP contribution in [0, 0.1) is 0 Å². The van der Waals surface area contributed by atoms with Crippen molar-refractivity contribution < 1.29 is 4.42 Å². The standard InChI is InChI=1S/C51H33N3O/c1-2-12-40(13-3-1)53(42-21-18-34-10-4-5-11-35(34)29-42)43-30-38(28-39(31-43)37-20-23-47-46-15-7-9-17-50(46)55-51(47)33-37)36-19-22-45-44-14-6-8-16-48(44)54(49(45)32-36)41-24-26-52-27-25-41/h1-33H. The number of hydrogen-bond acceptors (Lipinski definition) is 3. The molecule has 0 amide bonds. The van der Waals surface area contributed by atoms with Crippen LogP contribution in [0.5, 0.6) is 0 Å². The number of furan rings is 1. The predicted molar refractivity (Wildman–Crippen MR) is 229 cm³/mol. The molecule has 4 nitrogen and oxygen atoms in total. The summed E-state index contributed by atoms with van der Waals surface area (Å²) in [6.07, 6.45) is 3.72. The van der Waals surface area contributed by atoms with Crippen LogP contribution in [-0.4, -0.2) is 9.55 Å². The molecule has 0 saturated heterocycles. The maximum atomic E-state index is 6.40. The van der Waals surface area contributed by atoms with Gasteiger partial charge < -0.3 is 13.9 Å². The van der Waals surface area contributed by atoms with Crippen molar-refractivity contribution in [1.29, 1.82) is 0 Å². The molecule has 4 heteroatoms. The zero-order valence-corrected chi connectivity index (χ0v) is 29.8. The van der Waals surface area contributed by atoms with E-state index in [9.17, 15) is 0 Å². The first-order valence-electron chi connectivity index (χ1n) is 18.6. The molecule has 55 heavy (non-hydrogen) atoms. The van der Waals surface area contributed by atoms with E-state index < -0.39 is 0 Å². The minimum Gasteiger partial charge on any atom is -0.456 e. The summed E-state index contributed by atoms with van der Waals surface area (Å²) in [4.78, 5) is 6.69. The topological polar surface area (TPSA) is 34.2 Å². The molecule has 0 atom stereocenters. The minimum atomic E-state index is 0.878. The third-order valence-corrected chi connectivity index (χ3v) is 10.8. The summed E-state index contributed by atoms with van der Waals surface area (Å²) in [7, 11) is 0. The van der Waals surface area contributed by atoms with Crippen molar-refractivity contribution in [2.45, 2.75) is 0 Å². The summed E-state index contributed by atoms with van der Waals surface area (Å²) in [5, 5.41) is 7.09. The fourth-order valence-electron chi connectivity index (χ4n) is 8.24. The molecule has 0 radical (unpaired) electrons. The molecule has 3 aromatic heterocycles. The first-order chi connectivity index (χ1) is 27.2. The number of aromatic nitrogens is 2. The van der Waals surface area contributed by atoms with Crippen LogP contribution < -0.4 is 4.90 Å². The average Bonchev–Trinajstić information content (AvgIpc) is 3.79. The van der Waals surface area contributed by atoms with Gasteiger partial charge in [0.2, 0.25) is 0 Å². The average molecular weight is 704 g/mol. The van der Waals surface area contributed by atoms with Crippen LogP contribution in [0.25, 0.3) is 82.5 Å². The van der Waals surface area contributed by atoms with Crippen LogP contribution in [0.1, 0.15) is 0 Å². The number of para-hydroxylation sites is 3. The number of fused-ring (bicyclic) bond motifs is 7. The normalized spacial score (nSPS) is 11.6. The first kappa shape index (κ1) is 31.1. The van der Waals surface area contributed by atoms with Crippen LogP contribution in [0.4, 0.5) is 17.1 Å². The molecule has 0 aliphatic carbocycles. The minimum absolute atomic E-state index is 0.878. The molecule has 11 aromatic rings. The maximum Gasteiger partial charge on any atom is 0.136 e. The smallest absolute Gasteiger partial charge is 0.136 e. The second kappa shape index (κ2) is 12.6. The van der Waals surface area contributed by atoms with Crippen LogP contribution in [0.2, 0.25) is 0 Å². The third-order valence-electron chi connectivity index (χ3n) is 10.8. The van der Waals surface area contributed by atoms with Gasteiger partial charge in [-0.3, -0.25) is 4.98 Å². The van der Waals surface area contributed by atoms with Crippen molar-refractivity contribution in [3.05, 3.63) is 200 Å². The second-order valence-electron chi connectivity index (χ2n) is 14.1. The van der Waals surface area contributed by atoms with Crippen LogP contribution in [0.15, 0.2) is 205 Å². The highest BCUT2D eigenvalue weighted by molar-refractivity contribution is 6.10. The number of benzene rings is 8. The Kier molecular flexibility index (Phi) is 7.14. The van der Waals surface area contributed by atoms with Gasteiger partial charge in [-0.25, -0.2) is 0 Å². The fourth-order valence-corrected chi connectivity index (χ4v) is 8.24. The van der Waals surface area contributed by atoms with Crippen molar-refractivity contribution >= 4 is 71.6 Å². The summed E-state index contributed by atoms with van der Waals surface area (Å²) in [5.74, 6) is 0. The van der Waals surface area contributed by atoms with Gasteiger partial charge in [0.05, 0.1) is 11.0 Å². The monoisotopic (exact) mass is 703 g/mol. The molecule has 0 fully saturated rings. The van der Waals surface area contributed by atoms with Crippen LogP contribution in [0.3, 0.4) is 0 Å². The van der Waals surface area contributed by atoms with Crippen LogP contribution >= 0.6 is 0 Å². The van der Waals surface area contributed by atoms with E-state index in [1.807, 2.05) is 24.5 Å². The Bertz CT molecular complexity index is 3210. The van der Waals surface area contributed by atoms with Crippen molar-refractivity contribution in [1.82, 2.24) is 9.55 Å². The second-order valence-corrected chi connectivity index (χ2v) is 14.1. The number of pyridine rings is 1. The molecule has 0 unspecified atom stereocenters. The van der Waals surface area contributed by atoms with Gasteiger partial charge in [-0.2, -0.15) is 0 Å². The molecule has 3 heterocycles. The Morgan fingerprint density at radius 1 is 0.382 bits per heavy atom. The van der Waals surface area contributed by atoms with E-state index >= 15 is 0 Å². The Morgan fingerprint density at radius 2 is 1.04 bits per heavy atom. The Labute approximate surface area is 317 Å². The number of hydrogen-bond donors (Lipinski definition) is 0. The summed E-state index contributed by atoms with van der Waals surface area (Å²) < 4.78 is 8.75. The van der Waals surface area contributed by atoms with E-state index in [4.69, 9.17) is 4.42 Å². The van der Waals surface area contributed by atoms with Gasteiger partial charge in [0.25, 0.3) is 0 Å². The molecule has 0 N–H and O–H groups in total. The molecule has 8 aromatic carbocycles. The summed E-state index contributed by atoms with van der Waals surface area (Å²) in [6, 6.07) is 67.4. The van der Waals surface area contributed by atoms with E-state index in [1.54, 1.807) is 0 Å². The highest BCUT2D eigenvalue weighted by atomic mass is 16.3. The number of rotatable bonds is 6. The molecule has 258 valence electrons. The van der Waals surface area contributed by atoms with Gasteiger partial charge >= 0.3 is 0 Å². The van der Waals surface area contributed by atoms with E-state index in [-0.39, 0.29) is 0 Å². The van der Waals surface area contributed by atoms with Crippen molar-refractivity contribution in [2.24, 2.45) is 0 Å². The molecular weight excluding hydrogens is 671 g/mol. The SMILES string of the molecule is c1ccc(N(c2cc(-c3ccc4c(c3)oc3ccccc34)cc(-c3ccc4c5ccccc5n(-c5ccncc5)c4c3)c2)c2ccc3ccccc3c2)cc1. The highest BCUT2D eigenvalue weighted by Gasteiger charge is 2.19. The Hall–Kier alpha value is -7.43. The highest BCUT2D eigenvalue weighted by Crippen LogP contribution is 2.42. The predicted octanol–water partition coefficient (Wildman–Crippen LogP) is 14.0. The van der Waals surface area contributed by atoms with Gasteiger partial charge in [-0.05, 0) is 118 Å². The van der Waals surface area contributed by atoms with Gasteiger partial charge in [0.1, 0.15) is 11.2 Å². The molecule has 0 bridgehead atoms. The Balaban J connectivity index is 1.16. The molecule has 0 aliphatic rings. The summed E-state index contributed by atoms with van der Waals surface area (Å²) in [5.41, 5.74) is 12.9. The van der Waals surface area contributed by atoms with Crippen molar-refractivity contribution in [3.8, 4) is 27.9 Å². The molecule has 0 aliphatic heterocycles. The Morgan fingerprint density at radius 3 is 1.87 bits per heavy atom. The lowest BCUT2D eigenvalue weighted by Gasteiger charge is -2.27. The lowest BCUT2D eigenvalue weighted by Crippen LogP contribution is -2.10. The van der Waals surface area contributed by atoms with Crippen LogP contribution in [-0.2, 0) is 0 Å². The molecule has 0 spiro atoms. The fraction of sp³-hybridized carbons (Fsp3) is 0. The number of nitrogens with zero attached hydrogens (tertiary/aromatic N) is 3. The lowest BCUT2D eigenvalue weighted by atomic mass is 9.96. The quantitative estimate of drug-likeness (QED) is 0.173. The zero-order valence-electron chi connectivity index (χ0n) is 29.8. The largest absolute Gasteiger partial charge is 0.456 e. The van der Waals surface area contributed by atoms with Gasteiger partial charge in [-0.15, -0.1) is 0 Å². The zero-order chi connectivity index (χ0) is 36.3. The lowest BCUT2D eigenvalue weighted by molar-refractivity contribution is 0.669. The van der Waals surface area contributed by atoms with Gasteiger partial charge in [-0.1, -0.05) is 103 Å². The van der Waals surface area contributed by atoms with Crippen molar-refractivity contribution in [3.63, 3.8) is 0 Å². The third kappa shape index (κ3) is 5.26. The van der Waals surface area contributed by atoms with Gasteiger partial charge in [0.15, 0.2) is 0 Å². The first-order valence-corrected chi connectivity index (χ1v) is 18.6. The summed E-state index contributed by atoms with van der Waals surface area (Å²) in [6.45, 7) is 0. The van der Waals surface area contributed by atoms with E-state index in [1.165, 1.54) is 27.1 Å². The van der Waals surface area contributed by atoms with E-state index in [2.05, 4.69) is 190 Å². The van der Waals surface area contributed by atoms with Gasteiger partial charge in [0, 0.05) is 56.7 Å². The van der Waals surface area contributed by atoms with E-state index in [0.717, 1.165) is 72.5 Å². The molecule has 11 rings (SSSR count). The molecule has 0 saturated carbocycles. The number of anilines is 3. The van der Waals surface area contributed by atoms with E-state index in [0.29, 0.717) is 0 Å².